The molecule has 1 rings (SSSR count). The zero-order valence-electron chi connectivity index (χ0n) is 8.17. The first-order valence-corrected chi connectivity index (χ1v) is 5.93. The summed E-state index contributed by atoms with van der Waals surface area (Å²) in [6.07, 6.45) is 0. The maximum atomic E-state index is 10.6. The largest absolute Gasteiger partial charge is 0.504 e. The number of ether oxygens (including phenoxy) is 1. The molecule has 0 bridgehead atoms. The van der Waals surface area contributed by atoms with Gasteiger partial charge in [-0.05, 0) is 24.6 Å². The highest BCUT2D eigenvalue weighted by atomic mass is 32.2. The van der Waals surface area contributed by atoms with Crippen molar-refractivity contribution in [2.24, 2.45) is 0 Å². The molecule has 15 heavy (non-hydrogen) atoms. The molecule has 0 amide bonds. The van der Waals surface area contributed by atoms with E-state index in [4.69, 9.17) is 9.29 Å². The molecule has 5 nitrogen and oxygen atoms in total. The zero-order chi connectivity index (χ0) is 11.5. The molecule has 84 valence electrons. The fraction of sp³-hybridized carbons (Fsp3) is 0.333. The standard InChI is InChI=1S/C9H12O5S/c1-2-14-9-5-7(3-4-8(9)10)6-15(11,12)13/h3-5,10H,2,6H2,1H3,(H,11,12,13). The lowest BCUT2D eigenvalue weighted by Crippen LogP contribution is -2.02. The average molecular weight is 232 g/mol. The number of hydrogen-bond acceptors (Lipinski definition) is 4. The van der Waals surface area contributed by atoms with Gasteiger partial charge in [0.1, 0.15) is 5.75 Å². The van der Waals surface area contributed by atoms with Gasteiger partial charge in [-0.2, -0.15) is 8.42 Å². The van der Waals surface area contributed by atoms with Crippen LogP contribution in [0.4, 0.5) is 0 Å². The molecule has 6 heteroatoms. The topological polar surface area (TPSA) is 83.8 Å². The van der Waals surface area contributed by atoms with E-state index in [9.17, 15) is 13.5 Å². The SMILES string of the molecule is CCOc1cc(CS(=O)(=O)O)ccc1O. The van der Waals surface area contributed by atoms with Crippen LogP contribution in [-0.4, -0.2) is 24.7 Å². The third-order valence-electron chi connectivity index (χ3n) is 1.67. The third-order valence-corrected chi connectivity index (χ3v) is 2.37. The molecule has 0 heterocycles. The lowest BCUT2D eigenvalue weighted by atomic mass is 10.2. The van der Waals surface area contributed by atoms with Crippen LogP contribution in [0.15, 0.2) is 18.2 Å². The van der Waals surface area contributed by atoms with Gasteiger partial charge in [-0.1, -0.05) is 6.07 Å². The van der Waals surface area contributed by atoms with E-state index in [1.807, 2.05) is 0 Å². The molecule has 0 saturated carbocycles. The molecule has 0 radical (unpaired) electrons. The summed E-state index contributed by atoms with van der Waals surface area (Å²) in [6.45, 7) is 2.11. The Morgan fingerprint density at radius 2 is 2.07 bits per heavy atom. The Morgan fingerprint density at radius 1 is 1.40 bits per heavy atom. The van der Waals surface area contributed by atoms with Crippen molar-refractivity contribution in [2.75, 3.05) is 6.61 Å². The van der Waals surface area contributed by atoms with E-state index in [1.54, 1.807) is 6.92 Å². The fourth-order valence-corrected chi connectivity index (χ4v) is 1.73. The van der Waals surface area contributed by atoms with Crippen LogP contribution in [0.25, 0.3) is 0 Å². The summed E-state index contributed by atoms with van der Waals surface area (Å²) in [6, 6.07) is 4.11. The second kappa shape index (κ2) is 4.50. The van der Waals surface area contributed by atoms with E-state index in [1.165, 1.54) is 18.2 Å². The molecule has 0 aliphatic carbocycles. The molecule has 1 aromatic rings. The summed E-state index contributed by atoms with van der Waals surface area (Å²) in [4.78, 5) is 0. The molecule has 0 atom stereocenters. The van der Waals surface area contributed by atoms with Crippen LogP contribution in [0.1, 0.15) is 12.5 Å². The molecule has 0 spiro atoms. The quantitative estimate of drug-likeness (QED) is 0.761. The minimum Gasteiger partial charge on any atom is -0.504 e. The molecule has 0 unspecified atom stereocenters. The van der Waals surface area contributed by atoms with E-state index in [0.29, 0.717) is 12.2 Å². The van der Waals surface area contributed by atoms with Crippen LogP contribution in [-0.2, 0) is 15.9 Å². The smallest absolute Gasteiger partial charge is 0.269 e. The summed E-state index contributed by atoms with van der Waals surface area (Å²) in [5.74, 6) is -0.345. The Labute approximate surface area is 88.1 Å². The predicted molar refractivity (Wildman–Crippen MR) is 54.5 cm³/mol. The number of rotatable bonds is 4. The van der Waals surface area contributed by atoms with Crippen LogP contribution in [0.2, 0.25) is 0 Å². The minimum absolute atomic E-state index is 0.0593. The van der Waals surface area contributed by atoms with Gasteiger partial charge in [-0.15, -0.1) is 0 Å². The van der Waals surface area contributed by atoms with Crippen LogP contribution in [0.3, 0.4) is 0 Å². The molecular weight excluding hydrogens is 220 g/mol. The van der Waals surface area contributed by atoms with Gasteiger partial charge < -0.3 is 9.84 Å². The Balaban J connectivity index is 2.97. The first-order valence-electron chi connectivity index (χ1n) is 4.32. The molecule has 0 saturated heterocycles. The van der Waals surface area contributed by atoms with Crippen LogP contribution >= 0.6 is 0 Å². The lowest BCUT2D eigenvalue weighted by molar-refractivity contribution is 0.318. The van der Waals surface area contributed by atoms with Crippen molar-refractivity contribution in [3.63, 3.8) is 0 Å². The van der Waals surface area contributed by atoms with Gasteiger partial charge in [-0.25, -0.2) is 0 Å². The highest BCUT2D eigenvalue weighted by molar-refractivity contribution is 7.85. The molecule has 0 fully saturated rings. The normalized spacial score (nSPS) is 11.3. The van der Waals surface area contributed by atoms with Gasteiger partial charge in [0, 0.05) is 0 Å². The summed E-state index contributed by atoms with van der Waals surface area (Å²) in [5.41, 5.74) is 0.360. The Hall–Kier alpha value is -1.27. The molecule has 0 aliphatic rings. The highest BCUT2D eigenvalue weighted by Crippen LogP contribution is 2.27. The van der Waals surface area contributed by atoms with Gasteiger partial charge in [0.2, 0.25) is 0 Å². The van der Waals surface area contributed by atoms with Crippen molar-refractivity contribution < 1.29 is 22.8 Å². The van der Waals surface area contributed by atoms with Crippen molar-refractivity contribution in [3.8, 4) is 11.5 Å². The van der Waals surface area contributed by atoms with Crippen molar-refractivity contribution >= 4 is 10.1 Å². The predicted octanol–water partition coefficient (Wildman–Crippen LogP) is 1.18. The number of phenolic OH excluding ortho intramolecular Hbond substituents is 1. The van der Waals surface area contributed by atoms with E-state index in [2.05, 4.69) is 0 Å². The zero-order valence-corrected chi connectivity index (χ0v) is 8.99. The Kier molecular flexibility index (Phi) is 3.54. The minimum atomic E-state index is -4.06. The van der Waals surface area contributed by atoms with Crippen LogP contribution in [0, 0.1) is 0 Å². The molecular formula is C9H12O5S. The van der Waals surface area contributed by atoms with Crippen molar-refractivity contribution in [2.45, 2.75) is 12.7 Å². The maximum absolute atomic E-state index is 10.6. The number of benzene rings is 1. The number of aromatic hydroxyl groups is 1. The number of hydrogen-bond donors (Lipinski definition) is 2. The van der Waals surface area contributed by atoms with Gasteiger partial charge in [0.05, 0.1) is 6.61 Å². The number of phenols is 1. The maximum Gasteiger partial charge on any atom is 0.269 e. The molecule has 2 N–H and O–H groups in total. The molecule has 0 aliphatic heterocycles. The van der Waals surface area contributed by atoms with E-state index < -0.39 is 15.9 Å². The van der Waals surface area contributed by atoms with E-state index in [0.717, 1.165) is 0 Å². The van der Waals surface area contributed by atoms with E-state index in [-0.39, 0.29) is 11.5 Å². The Morgan fingerprint density at radius 3 is 2.60 bits per heavy atom. The first kappa shape index (κ1) is 11.8. The van der Waals surface area contributed by atoms with Gasteiger partial charge >= 0.3 is 0 Å². The summed E-state index contributed by atoms with van der Waals surface area (Å²) >= 11 is 0. The van der Waals surface area contributed by atoms with Crippen LogP contribution < -0.4 is 4.74 Å². The van der Waals surface area contributed by atoms with Gasteiger partial charge in [0.15, 0.2) is 11.5 Å². The monoisotopic (exact) mass is 232 g/mol. The average Bonchev–Trinajstić information content (AvgIpc) is 2.09. The van der Waals surface area contributed by atoms with Crippen LogP contribution in [0.5, 0.6) is 11.5 Å². The van der Waals surface area contributed by atoms with Gasteiger partial charge in [-0.3, -0.25) is 4.55 Å². The van der Waals surface area contributed by atoms with Crippen molar-refractivity contribution in [1.29, 1.82) is 0 Å². The van der Waals surface area contributed by atoms with Crippen molar-refractivity contribution in [1.82, 2.24) is 0 Å². The molecule has 1 aromatic carbocycles. The fourth-order valence-electron chi connectivity index (χ4n) is 1.13. The summed E-state index contributed by atoms with van der Waals surface area (Å²) in [5, 5.41) is 9.33. The Bertz CT molecular complexity index is 438. The van der Waals surface area contributed by atoms with Gasteiger partial charge in [0.25, 0.3) is 10.1 Å². The summed E-state index contributed by atoms with van der Waals surface area (Å²) in [7, 11) is -4.06. The van der Waals surface area contributed by atoms with E-state index >= 15 is 0 Å². The second-order valence-corrected chi connectivity index (χ2v) is 4.41. The first-order chi connectivity index (χ1) is 6.92. The summed E-state index contributed by atoms with van der Waals surface area (Å²) < 4.78 is 34.9. The highest BCUT2D eigenvalue weighted by Gasteiger charge is 2.09. The lowest BCUT2D eigenvalue weighted by Gasteiger charge is -2.07. The van der Waals surface area contributed by atoms with Crippen molar-refractivity contribution in [3.05, 3.63) is 23.8 Å². The third kappa shape index (κ3) is 3.77. The molecule has 0 aromatic heterocycles. The second-order valence-electron chi connectivity index (χ2n) is 2.96.